The highest BCUT2D eigenvalue weighted by Crippen LogP contribution is 2.31. The predicted octanol–water partition coefficient (Wildman–Crippen LogP) is 7.89. The van der Waals surface area contributed by atoms with E-state index in [1.807, 2.05) is 24.3 Å². The molecule has 0 saturated carbocycles. The number of amides is 1. The zero-order chi connectivity index (χ0) is 30.6. The molecule has 41 heavy (non-hydrogen) atoms. The van der Waals surface area contributed by atoms with Crippen LogP contribution in [0.2, 0.25) is 0 Å². The molecule has 0 aromatic heterocycles. The Labute approximate surface area is 248 Å². The van der Waals surface area contributed by atoms with E-state index in [9.17, 15) is 13.2 Å². The summed E-state index contributed by atoms with van der Waals surface area (Å²) in [6.45, 7) is 17.1. The number of hydrogen-bond donors (Lipinski definition) is 1. The van der Waals surface area contributed by atoms with Crippen molar-refractivity contribution in [3.05, 3.63) is 95.6 Å². The lowest BCUT2D eigenvalue weighted by Crippen LogP contribution is -2.08. The van der Waals surface area contributed by atoms with Gasteiger partial charge < -0.3 is 14.8 Å². The Kier molecular flexibility index (Phi) is 12.7. The van der Waals surface area contributed by atoms with Gasteiger partial charge in [-0.2, -0.15) is 0 Å². The molecular formula is C34H47NO5S. The monoisotopic (exact) mass is 581 g/mol. The summed E-state index contributed by atoms with van der Waals surface area (Å²) >= 11 is 0. The fraction of sp³-hybridized carbons (Fsp3) is 0.382. The molecule has 2 aromatic carbocycles. The molecule has 1 N–H and O–H groups in total. The summed E-state index contributed by atoms with van der Waals surface area (Å²) in [6, 6.07) is 11.2. The average molecular weight is 582 g/mol. The van der Waals surface area contributed by atoms with E-state index in [1.54, 1.807) is 12.1 Å². The molecule has 0 saturated heterocycles. The number of rotatable bonds is 11. The van der Waals surface area contributed by atoms with Gasteiger partial charge in [0.05, 0.1) is 12.4 Å². The highest BCUT2D eigenvalue weighted by molar-refractivity contribution is 7.90. The number of benzene rings is 2. The molecule has 3 rings (SSSR count). The van der Waals surface area contributed by atoms with Gasteiger partial charge in [0, 0.05) is 13.4 Å². The second kappa shape index (κ2) is 15.4. The first-order chi connectivity index (χ1) is 19.1. The van der Waals surface area contributed by atoms with E-state index >= 15 is 0 Å². The van der Waals surface area contributed by atoms with Gasteiger partial charge in [-0.1, -0.05) is 52.5 Å². The van der Waals surface area contributed by atoms with Crippen LogP contribution >= 0.6 is 0 Å². The Hall–Kier alpha value is -3.58. The molecule has 0 unspecified atom stereocenters. The van der Waals surface area contributed by atoms with Crippen molar-refractivity contribution in [2.45, 2.75) is 54.4 Å². The molecule has 0 aliphatic heterocycles. The highest BCUT2D eigenvalue weighted by atomic mass is 32.2. The Balaban J connectivity index is 0.00000135. The molecule has 0 radical (unpaired) electrons. The van der Waals surface area contributed by atoms with Gasteiger partial charge in [-0.25, -0.2) is 8.42 Å². The third kappa shape index (κ3) is 13.6. The minimum atomic E-state index is -2.98. The number of ether oxygens (including phenoxy) is 2. The van der Waals surface area contributed by atoms with Crippen molar-refractivity contribution in [1.82, 2.24) is 0 Å². The molecule has 2 aromatic rings. The van der Waals surface area contributed by atoms with E-state index in [0.29, 0.717) is 36.5 Å². The summed E-state index contributed by atoms with van der Waals surface area (Å²) in [6.07, 6.45) is 12.3. The van der Waals surface area contributed by atoms with Crippen LogP contribution in [0.4, 0.5) is 5.69 Å². The van der Waals surface area contributed by atoms with Gasteiger partial charge in [0.2, 0.25) is 5.91 Å². The van der Waals surface area contributed by atoms with Crippen LogP contribution in [0.25, 0.3) is 5.57 Å². The minimum absolute atomic E-state index is 0. The number of carbonyl (C=O) groups is 1. The van der Waals surface area contributed by atoms with Crippen LogP contribution in [0.3, 0.4) is 0 Å². The van der Waals surface area contributed by atoms with Crippen LogP contribution in [0, 0.1) is 19.3 Å². The maximum atomic E-state index is 11.4. The van der Waals surface area contributed by atoms with Gasteiger partial charge in [-0.15, -0.1) is 0 Å². The molecular weight excluding hydrogens is 534 g/mol. The number of hydrogen-bond acceptors (Lipinski definition) is 5. The zero-order valence-electron chi connectivity index (χ0n) is 25.5. The lowest BCUT2D eigenvalue weighted by Gasteiger charge is -2.15. The molecule has 224 valence electrons. The van der Waals surface area contributed by atoms with Gasteiger partial charge in [-0.3, -0.25) is 4.79 Å². The van der Waals surface area contributed by atoms with Crippen molar-refractivity contribution >= 4 is 27.0 Å². The molecule has 6 nitrogen and oxygen atoms in total. The predicted molar refractivity (Wildman–Crippen MR) is 174 cm³/mol. The number of aryl methyl sites for hydroxylation is 2. The molecule has 0 atom stereocenters. The van der Waals surface area contributed by atoms with Gasteiger partial charge in [0.1, 0.15) is 27.9 Å². The minimum Gasteiger partial charge on any atom is -0.494 e. The van der Waals surface area contributed by atoms with Gasteiger partial charge in [0.25, 0.3) is 0 Å². The van der Waals surface area contributed by atoms with Crippen molar-refractivity contribution in [3.8, 4) is 11.5 Å². The standard InChI is InChI=1S/C29H33NO5S.C5H12.H2/c1-5-28(31)30-25-11-13-26(14-12-25)35-20-23-9-6-7-10-24(19-23)29-21(2)17-27(18-22(29)3)34-15-8-16-36(4,32)33;1-5(2,3)4;/h5-6,9-14,17-19H,1,7-8,15-16,20H2,2-4H3,(H,30,31);1-4H3;1H. The summed E-state index contributed by atoms with van der Waals surface area (Å²) in [7, 11) is -2.98. The first-order valence-corrected chi connectivity index (χ1v) is 15.9. The van der Waals surface area contributed by atoms with Crippen LogP contribution in [0.1, 0.15) is 58.7 Å². The van der Waals surface area contributed by atoms with Crippen LogP contribution < -0.4 is 14.8 Å². The van der Waals surface area contributed by atoms with Crippen LogP contribution in [0.15, 0.2) is 78.9 Å². The lowest BCUT2D eigenvalue weighted by atomic mass is 9.93. The molecule has 0 spiro atoms. The first kappa shape index (κ1) is 33.6. The van der Waals surface area contributed by atoms with Crippen molar-refractivity contribution < 1.29 is 24.1 Å². The second-order valence-corrected chi connectivity index (χ2v) is 14.0. The van der Waals surface area contributed by atoms with Crippen molar-refractivity contribution in [3.63, 3.8) is 0 Å². The molecule has 1 aliphatic rings. The average Bonchev–Trinajstić information content (AvgIpc) is 3.10. The molecule has 0 bridgehead atoms. The van der Waals surface area contributed by atoms with Crippen molar-refractivity contribution in [1.29, 1.82) is 0 Å². The maximum absolute atomic E-state index is 11.4. The molecule has 0 heterocycles. The van der Waals surface area contributed by atoms with Crippen LogP contribution in [-0.2, 0) is 14.6 Å². The third-order valence-electron chi connectivity index (χ3n) is 5.58. The van der Waals surface area contributed by atoms with Gasteiger partial charge in [0.15, 0.2) is 0 Å². The number of nitrogens with one attached hydrogen (secondary N) is 1. The Morgan fingerprint density at radius 2 is 1.66 bits per heavy atom. The Morgan fingerprint density at radius 1 is 1.05 bits per heavy atom. The van der Waals surface area contributed by atoms with Crippen molar-refractivity contribution in [2.75, 3.05) is 30.5 Å². The van der Waals surface area contributed by atoms with E-state index in [1.165, 1.54) is 12.3 Å². The maximum Gasteiger partial charge on any atom is 0.247 e. The topological polar surface area (TPSA) is 81.7 Å². The SMILES string of the molecule is C=CC(=O)Nc1ccc(OCC2=CC(c3c(C)cc(OCCCS(C)(=O)=O)cc3C)=CCC=C2)cc1.CC(C)(C)C.[HH]. The number of allylic oxidation sites excluding steroid dienone is 4. The zero-order valence-corrected chi connectivity index (χ0v) is 26.4. The normalized spacial score (nSPS) is 13.1. The molecule has 7 heteroatoms. The molecule has 1 aliphatic carbocycles. The number of carbonyl (C=O) groups excluding carboxylic acids is 1. The number of anilines is 1. The van der Waals surface area contributed by atoms with E-state index in [2.05, 4.69) is 77.7 Å². The Bertz CT molecular complexity index is 1370. The Morgan fingerprint density at radius 3 is 2.22 bits per heavy atom. The highest BCUT2D eigenvalue weighted by Gasteiger charge is 2.12. The largest absolute Gasteiger partial charge is 0.494 e. The van der Waals surface area contributed by atoms with E-state index in [4.69, 9.17) is 9.47 Å². The first-order valence-electron chi connectivity index (χ1n) is 13.8. The summed E-state index contributed by atoms with van der Waals surface area (Å²) in [5.74, 6) is 1.32. The second-order valence-electron chi connectivity index (χ2n) is 11.8. The van der Waals surface area contributed by atoms with Crippen LogP contribution in [0.5, 0.6) is 11.5 Å². The smallest absolute Gasteiger partial charge is 0.247 e. The van der Waals surface area contributed by atoms with Crippen LogP contribution in [-0.4, -0.2) is 39.5 Å². The van der Waals surface area contributed by atoms with E-state index in [0.717, 1.165) is 40.0 Å². The summed E-state index contributed by atoms with van der Waals surface area (Å²) in [4.78, 5) is 11.4. The van der Waals surface area contributed by atoms with Gasteiger partial charge >= 0.3 is 0 Å². The van der Waals surface area contributed by atoms with E-state index in [-0.39, 0.29) is 13.1 Å². The van der Waals surface area contributed by atoms with Crippen molar-refractivity contribution in [2.24, 2.45) is 5.41 Å². The lowest BCUT2D eigenvalue weighted by molar-refractivity contribution is -0.111. The summed E-state index contributed by atoms with van der Waals surface area (Å²) in [5, 5.41) is 2.72. The summed E-state index contributed by atoms with van der Waals surface area (Å²) < 4.78 is 34.4. The fourth-order valence-electron chi connectivity index (χ4n) is 3.95. The third-order valence-corrected chi connectivity index (χ3v) is 6.61. The van der Waals surface area contributed by atoms with Gasteiger partial charge in [-0.05, 0) is 108 Å². The fourth-order valence-corrected chi connectivity index (χ4v) is 4.60. The molecule has 0 fully saturated rings. The summed E-state index contributed by atoms with van der Waals surface area (Å²) in [5.41, 5.74) is 6.69. The number of sulfone groups is 1. The van der Waals surface area contributed by atoms with E-state index < -0.39 is 9.84 Å². The quantitative estimate of drug-likeness (QED) is 0.216. The molecule has 1 amide bonds.